The molecule has 0 spiro atoms. The van der Waals surface area contributed by atoms with Crippen LogP contribution >= 0.6 is 11.3 Å². The first-order chi connectivity index (χ1) is 9.79. The molecule has 0 saturated heterocycles. The molecule has 21 heavy (non-hydrogen) atoms. The molecule has 5 nitrogen and oxygen atoms in total. The average molecular weight is 326 g/mol. The van der Waals surface area contributed by atoms with E-state index in [2.05, 4.69) is 4.72 Å². The Hall–Kier alpha value is -1.57. The van der Waals surface area contributed by atoms with Gasteiger partial charge in [-0.2, -0.15) is 0 Å². The number of hydrogen-bond acceptors (Lipinski definition) is 5. The van der Waals surface area contributed by atoms with E-state index in [1.807, 2.05) is 0 Å². The fraction of sp³-hybridized carbons (Fsp3) is 0.286. The third-order valence-corrected chi connectivity index (χ3v) is 5.77. The molecule has 0 amide bonds. The summed E-state index contributed by atoms with van der Waals surface area (Å²) in [6, 6.07) is 6.64. The predicted molar refractivity (Wildman–Crippen MR) is 86.1 cm³/mol. The van der Waals surface area contributed by atoms with Gasteiger partial charge >= 0.3 is 0 Å². The zero-order valence-corrected chi connectivity index (χ0v) is 13.5. The maximum absolute atomic E-state index is 12.3. The molecule has 2 aromatic rings. The van der Waals surface area contributed by atoms with Crippen LogP contribution in [0.15, 0.2) is 33.9 Å². The van der Waals surface area contributed by atoms with Crippen LogP contribution in [0.3, 0.4) is 0 Å². The second-order valence-electron chi connectivity index (χ2n) is 4.96. The van der Waals surface area contributed by atoms with Gasteiger partial charge in [0.1, 0.15) is 4.21 Å². The lowest BCUT2D eigenvalue weighted by Gasteiger charge is -2.14. The van der Waals surface area contributed by atoms with Crippen LogP contribution < -0.4 is 10.5 Å². The Bertz CT molecular complexity index is 723. The molecule has 0 saturated carbocycles. The van der Waals surface area contributed by atoms with Gasteiger partial charge in [0.25, 0.3) is 10.0 Å². The van der Waals surface area contributed by atoms with Gasteiger partial charge in [0.05, 0.1) is 11.8 Å². The van der Waals surface area contributed by atoms with Gasteiger partial charge in [-0.25, -0.2) is 8.42 Å². The number of nitrogens with two attached hydrogens (primary N) is 1. The van der Waals surface area contributed by atoms with Crippen molar-refractivity contribution < 1.29 is 13.5 Å². The number of sulfonamides is 1. The van der Waals surface area contributed by atoms with Crippen molar-refractivity contribution in [2.24, 2.45) is 0 Å². The summed E-state index contributed by atoms with van der Waals surface area (Å²) < 4.78 is 27.3. The maximum atomic E-state index is 12.3. The number of aliphatic hydroxyl groups excluding tert-OH is 1. The molecule has 114 valence electrons. The molecule has 1 aromatic carbocycles. The summed E-state index contributed by atoms with van der Waals surface area (Å²) in [5.74, 6) is 0. The van der Waals surface area contributed by atoms with Crippen molar-refractivity contribution in [2.75, 3.05) is 10.5 Å². The predicted octanol–water partition coefficient (Wildman–Crippen LogP) is 2.36. The molecule has 4 N–H and O–H groups in total. The third-order valence-electron chi connectivity index (χ3n) is 3.01. The van der Waals surface area contributed by atoms with Gasteiger partial charge < -0.3 is 10.8 Å². The second-order valence-corrected chi connectivity index (χ2v) is 7.81. The molecule has 1 heterocycles. The number of nitrogen functional groups attached to an aromatic ring is 1. The third kappa shape index (κ3) is 3.75. The quantitative estimate of drug-likeness (QED) is 0.735. The normalized spacial score (nSPS) is 13.1. The number of anilines is 2. The number of aliphatic hydroxyl groups is 1. The molecule has 0 aliphatic rings. The zero-order chi connectivity index (χ0) is 15.6. The molecule has 0 aliphatic heterocycles. The molecule has 0 bridgehead atoms. The van der Waals surface area contributed by atoms with Crippen molar-refractivity contribution in [3.63, 3.8) is 0 Å². The number of rotatable bonds is 5. The van der Waals surface area contributed by atoms with E-state index in [1.165, 1.54) is 0 Å². The first-order valence-corrected chi connectivity index (χ1v) is 8.79. The Morgan fingerprint density at radius 3 is 2.71 bits per heavy atom. The van der Waals surface area contributed by atoms with Crippen LogP contribution in [0, 0.1) is 6.92 Å². The number of thiophene rings is 1. The molecule has 0 aliphatic carbocycles. The summed E-state index contributed by atoms with van der Waals surface area (Å²) in [6.07, 6.45) is -0.170. The molecule has 1 unspecified atom stereocenters. The average Bonchev–Trinajstić information content (AvgIpc) is 2.89. The van der Waals surface area contributed by atoms with Crippen molar-refractivity contribution in [3.8, 4) is 0 Å². The molecule has 0 radical (unpaired) electrons. The molecule has 1 atom stereocenters. The first-order valence-electron chi connectivity index (χ1n) is 6.43. The van der Waals surface area contributed by atoms with E-state index < -0.39 is 16.1 Å². The molecular formula is C14H18N2O3S2. The van der Waals surface area contributed by atoms with Gasteiger partial charge in [-0.1, -0.05) is 6.07 Å². The van der Waals surface area contributed by atoms with Crippen molar-refractivity contribution in [3.05, 3.63) is 40.8 Å². The van der Waals surface area contributed by atoms with Gasteiger partial charge in [0.15, 0.2) is 0 Å². The maximum Gasteiger partial charge on any atom is 0.271 e. The van der Waals surface area contributed by atoms with Crippen molar-refractivity contribution in [1.29, 1.82) is 0 Å². The highest BCUT2D eigenvalue weighted by molar-refractivity contribution is 7.94. The van der Waals surface area contributed by atoms with Gasteiger partial charge in [-0.3, -0.25) is 4.72 Å². The Kier molecular flexibility index (Phi) is 4.55. The zero-order valence-electron chi connectivity index (χ0n) is 11.8. The van der Waals surface area contributed by atoms with Gasteiger partial charge in [0, 0.05) is 12.1 Å². The lowest BCUT2D eigenvalue weighted by atomic mass is 10.0. The van der Waals surface area contributed by atoms with E-state index in [1.54, 1.807) is 43.5 Å². The van der Waals surface area contributed by atoms with Crippen LogP contribution in [0.1, 0.15) is 18.1 Å². The van der Waals surface area contributed by atoms with E-state index >= 15 is 0 Å². The smallest absolute Gasteiger partial charge is 0.271 e. The highest BCUT2D eigenvalue weighted by Crippen LogP contribution is 2.27. The van der Waals surface area contributed by atoms with Crippen LogP contribution in [0.5, 0.6) is 0 Å². The van der Waals surface area contributed by atoms with Crippen molar-refractivity contribution in [1.82, 2.24) is 0 Å². The van der Waals surface area contributed by atoms with Gasteiger partial charge in [-0.15, -0.1) is 11.3 Å². The van der Waals surface area contributed by atoms with E-state index in [9.17, 15) is 13.5 Å². The lowest BCUT2D eigenvalue weighted by Crippen LogP contribution is -2.14. The molecule has 7 heteroatoms. The van der Waals surface area contributed by atoms with E-state index in [4.69, 9.17) is 5.73 Å². The van der Waals surface area contributed by atoms with E-state index in [-0.39, 0.29) is 4.21 Å². The van der Waals surface area contributed by atoms with Crippen molar-refractivity contribution >= 4 is 32.7 Å². The number of aryl methyl sites for hydroxylation is 1. The summed E-state index contributed by atoms with van der Waals surface area (Å²) in [4.78, 5) is 0. The minimum absolute atomic E-state index is 0.260. The van der Waals surface area contributed by atoms with Crippen molar-refractivity contribution in [2.45, 2.75) is 30.6 Å². The Morgan fingerprint density at radius 1 is 1.43 bits per heavy atom. The fourth-order valence-corrected chi connectivity index (χ4v) is 4.11. The second kappa shape index (κ2) is 6.05. The Balaban J connectivity index is 2.36. The monoisotopic (exact) mass is 326 g/mol. The van der Waals surface area contributed by atoms with Crippen LogP contribution in [0.2, 0.25) is 0 Å². The largest absolute Gasteiger partial charge is 0.398 e. The highest BCUT2D eigenvalue weighted by atomic mass is 32.2. The summed E-state index contributed by atoms with van der Waals surface area (Å²) in [5, 5.41) is 11.2. The van der Waals surface area contributed by atoms with Crippen LogP contribution in [-0.4, -0.2) is 19.6 Å². The molecule has 0 fully saturated rings. The van der Waals surface area contributed by atoms with E-state index in [0.29, 0.717) is 17.8 Å². The molecular weight excluding hydrogens is 308 g/mol. The number of nitrogens with one attached hydrogen (secondary N) is 1. The standard InChI is InChI=1S/C14H18N2O3S2/c1-9-6-12(15)11(7-10(2)17)8-13(9)16-21(18,19)14-4-3-5-20-14/h3-6,8,10,16-17H,7,15H2,1-2H3. The topological polar surface area (TPSA) is 92.4 Å². The molecule has 2 rings (SSSR count). The van der Waals surface area contributed by atoms with Crippen LogP contribution in [0.4, 0.5) is 11.4 Å². The van der Waals surface area contributed by atoms with Crippen LogP contribution in [-0.2, 0) is 16.4 Å². The van der Waals surface area contributed by atoms with Crippen LogP contribution in [0.25, 0.3) is 0 Å². The summed E-state index contributed by atoms with van der Waals surface area (Å²) >= 11 is 1.16. The first kappa shape index (κ1) is 15.8. The number of hydrogen-bond donors (Lipinski definition) is 3. The highest BCUT2D eigenvalue weighted by Gasteiger charge is 2.17. The van der Waals surface area contributed by atoms with Gasteiger partial charge in [0.2, 0.25) is 0 Å². The minimum atomic E-state index is -3.59. The summed E-state index contributed by atoms with van der Waals surface area (Å²) in [5.41, 5.74) is 8.40. The Labute approximate surface area is 128 Å². The minimum Gasteiger partial charge on any atom is -0.398 e. The van der Waals surface area contributed by atoms with Gasteiger partial charge in [-0.05, 0) is 48.6 Å². The SMILES string of the molecule is Cc1cc(N)c(CC(C)O)cc1NS(=O)(=O)c1cccs1. The number of benzene rings is 1. The molecule has 1 aromatic heterocycles. The van der Waals surface area contributed by atoms with E-state index in [0.717, 1.165) is 22.5 Å². The summed E-state index contributed by atoms with van der Waals surface area (Å²) in [7, 11) is -3.59. The lowest BCUT2D eigenvalue weighted by molar-refractivity contribution is 0.195. The summed E-state index contributed by atoms with van der Waals surface area (Å²) in [6.45, 7) is 3.45. The Morgan fingerprint density at radius 2 is 2.14 bits per heavy atom. The fourth-order valence-electron chi connectivity index (χ4n) is 1.99.